The van der Waals surface area contributed by atoms with Gasteiger partial charge in [-0.15, -0.1) is 0 Å². The molecular weight excluding hydrogens is 420 g/mol. The Labute approximate surface area is 174 Å². The number of nitrogens with one attached hydrogen (secondary N) is 1. The van der Waals surface area contributed by atoms with Crippen molar-refractivity contribution in [2.75, 3.05) is 21.3 Å². The second-order valence-electron chi connectivity index (χ2n) is 6.44. The number of hydrogen-bond donors (Lipinski definition) is 2. The van der Waals surface area contributed by atoms with Crippen molar-refractivity contribution in [3.8, 4) is 34.3 Å². The number of aryl methyl sites for hydroxylation is 1. The molecule has 0 fully saturated rings. The fourth-order valence-electron chi connectivity index (χ4n) is 3.56. The first-order valence-electron chi connectivity index (χ1n) is 8.68. The molecular formula is C20H16ClF2N3O4. The lowest BCUT2D eigenvalue weighted by Crippen LogP contribution is -2.02. The molecule has 0 saturated heterocycles. The highest BCUT2D eigenvalue weighted by Crippen LogP contribution is 2.51. The number of rotatable bonds is 4. The van der Waals surface area contributed by atoms with Gasteiger partial charge in [0.15, 0.2) is 17.2 Å². The summed E-state index contributed by atoms with van der Waals surface area (Å²) in [4.78, 5) is 4.47. The molecule has 0 aliphatic heterocycles. The molecule has 10 heteroatoms. The molecule has 2 heterocycles. The molecule has 7 nitrogen and oxygen atoms in total. The van der Waals surface area contributed by atoms with E-state index in [0.717, 1.165) is 6.07 Å². The maximum atomic E-state index is 15.7. The predicted molar refractivity (Wildman–Crippen MR) is 108 cm³/mol. The third kappa shape index (κ3) is 2.69. The van der Waals surface area contributed by atoms with Crippen molar-refractivity contribution in [1.82, 2.24) is 15.2 Å². The zero-order valence-electron chi connectivity index (χ0n) is 16.4. The minimum absolute atomic E-state index is 0.0150. The quantitative estimate of drug-likeness (QED) is 0.481. The van der Waals surface area contributed by atoms with E-state index in [9.17, 15) is 9.50 Å². The summed E-state index contributed by atoms with van der Waals surface area (Å²) in [7, 11) is 4.00. The van der Waals surface area contributed by atoms with Crippen LogP contribution in [0.15, 0.2) is 12.1 Å². The molecule has 0 unspecified atom stereocenters. The van der Waals surface area contributed by atoms with Crippen LogP contribution < -0.4 is 14.2 Å². The van der Waals surface area contributed by atoms with E-state index in [0.29, 0.717) is 11.1 Å². The summed E-state index contributed by atoms with van der Waals surface area (Å²) in [5.41, 5.74) is 0.664. The normalized spacial score (nSPS) is 11.3. The largest absolute Gasteiger partial charge is 0.506 e. The van der Waals surface area contributed by atoms with Gasteiger partial charge in [0.25, 0.3) is 0 Å². The summed E-state index contributed by atoms with van der Waals surface area (Å²) in [5, 5.41) is 17.1. The van der Waals surface area contributed by atoms with Gasteiger partial charge >= 0.3 is 0 Å². The van der Waals surface area contributed by atoms with Crippen molar-refractivity contribution in [1.29, 1.82) is 0 Å². The summed E-state index contributed by atoms with van der Waals surface area (Å²) >= 11 is 6.01. The number of fused-ring (bicyclic) bond motifs is 3. The van der Waals surface area contributed by atoms with Crippen molar-refractivity contribution in [2.24, 2.45) is 0 Å². The first-order valence-corrected chi connectivity index (χ1v) is 9.05. The number of aromatic amines is 1. The van der Waals surface area contributed by atoms with Gasteiger partial charge in [-0.05, 0) is 13.0 Å². The SMILES string of the molecule is COc1c(OC)c(F)c2c(c(-c3cc(Cl)c(O)cc3F)nc3[nH]nc(C)c32)c1OC. The van der Waals surface area contributed by atoms with Crippen LogP contribution in [0.3, 0.4) is 0 Å². The van der Waals surface area contributed by atoms with Gasteiger partial charge in [0, 0.05) is 17.0 Å². The zero-order chi connectivity index (χ0) is 21.7. The molecule has 2 aromatic carbocycles. The third-order valence-electron chi connectivity index (χ3n) is 4.85. The van der Waals surface area contributed by atoms with E-state index in [1.807, 2.05) is 0 Å². The van der Waals surface area contributed by atoms with Crippen LogP contribution >= 0.6 is 11.6 Å². The van der Waals surface area contributed by atoms with Crippen LogP contribution in [-0.2, 0) is 0 Å². The fraction of sp³-hybridized carbons (Fsp3) is 0.200. The molecule has 156 valence electrons. The summed E-state index contributed by atoms with van der Waals surface area (Å²) in [6.07, 6.45) is 0. The van der Waals surface area contributed by atoms with E-state index in [-0.39, 0.29) is 49.9 Å². The Morgan fingerprint density at radius 1 is 0.967 bits per heavy atom. The van der Waals surface area contributed by atoms with Crippen LogP contribution in [-0.4, -0.2) is 41.6 Å². The van der Waals surface area contributed by atoms with Crippen LogP contribution in [0.5, 0.6) is 23.0 Å². The Balaban J connectivity index is 2.33. The maximum Gasteiger partial charge on any atom is 0.207 e. The molecule has 0 amide bonds. The molecule has 4 aromatic rings. The average molecular weight is 436 g/mol. The number of ether oxygens (including phenoxy) is 3. The van der Waals surface area contributed by atoms with E-state index in [1.165, 1.54) is 27.4 Å². The Kier molecular flexibility index (Phi) is 4.77. The highest BCUT2D eigenvalue weighted by atomic mass is 35.5. The van der Waals surface area contributed by atoms with E-state index < -0.39 is 17.4 Å². The molecule has 0 radical (unpaired) electrons. The topological polar surface area (TPSA) is 89.5 Å². The van der Waals surface area contributed by atoms with Crippen molar-refractivity contribution in [3.63, 3.8) is 0 Å². The van der Waals surface area contributed by atoms with Crippen molar-refractivity contribution >= 4 is 33.4 Å². The molecule has 0 spiro atoms. The number of aromatic nitrogens is 3. The molecule has 4 rings (SSSR count). The van der Waals surface area contributed by atoms with Crippen LogP contribution in [0, 0.1) is 18.6 Å². The summed E-state index contributed by atoms with van der Waals surface area (Å²) in [6.45, 7) is 1.68. The number of halogens is 3. The number of hydrogen-bond acceptors (Lipinski definition) is 6. The van der Waals surface area contributed by atoms with Gasteiger partial charge in [0.05, 0.1) is 48.5 Å². The highest BCUT2D eigenvalue weighted by Gasteiger charge is 2.29. The minimum atomic E-state index is -0.807. The summed E-state index contributed by atoms with van der Waals surface area (Å²) in [5.74, 6) is -2.08. The Morgan fingerprint density at radius 3 is 2.27 bits per heavy atom. The van der Waals surface area contributed by atoms with E-state index in [1.54, 1.807) is 6.92 Å². The van der Waals surface area contributed by atoms with Gasteiger partial charge in [-0.1, -0.05) is 11.6 Å². The smallest absolute Gasteiger partial charge is 0.207 e. The van der Waals surface area contributed by atoms with Crippen LogP contribution in [0.4, 0.5) is 8.78 Å². The standard InChI is InChI=1S/C20H16ClF2N3O4/c1-7-12-13-14(17(28-2)19(30-4)18(29-3)15(13)23)16(24-20(12)26-25-7)8-5-9(21)11(27)6-10(8)22/h5-6,27H,1-4H3,(H,24,25,26). The molecule has 2 aromatic heterocycles. The summed E-state index contributed by atoms with van der Waals surface area (Å²) < 4.78 is 46.6. The second kappa shape index (κ2) is 7.17. The lowest BCUT2D eigenvalue weighted by molar-refractivity contribution is 0.316. The molecule has 0 bridgehead atoms. The van der Waals surface area contributed by atoms with E-state index >= 15 is 4.39 Å². The molecule has 30 heavy (non-hydrogen) atoms. The number of methoxy groups -OCH3 is 3. The van der Waals surface area contributed by atoms with Crippen LogP contribution in [0.2, 0.25) is 5.02 Å². The molecule has 0 atom stereocenters. The van der Waals surface area contributed by atoms with Crippen LogP contribution in [0.25, 0.3) is 33.1 Å². The number of pyridine rings is 1. The van der Waals surface area contributed by atoms with Gasteiger partial charge in [-0.2, -0.15) is 5.10 Å². The van der Waals surface area contributed by atoms with Gasteiger partial charge in [-0.3, -0.25) is 5.10 Å². The van der Waals surface area contributed by atoms with Gasteiger partial charge in [0.1, 0.15) is 11.6 Å². The van der Waals surface area contributed by atoms with Crippen molar-refractivity contribution in [2.45, 2.75) is 6.92 Å². The Morgan fingerprint density at radius 2 is 1.63 bits per heavy atom. The summed E-state index contributed by atoms with van der Waals surface area (Å²) in [6, 6.07) is 2.06. The first kappa shape index (κ1) is 20.0. The molecule has 2 N–H and O–H groups in total. The molecule has 0 aliphatic rings. The fourth-order valence-corrected chi connectivity index (χ4v) is 3.72. The number of phenolic OH excluding ortho intramolecular Hbond substituents is 1. The molecule has 0 aliphatic carbocycles. The number of phenols is 1. The maximum absolute atomic E-state index is 15.7. The monoisotopic (exact) mass is 435 g/mol. The van der Waals surface area contributed by atoms with Crippen molar-refractivity contribution in [3.05, 3.63) is 34.5 Å². The lowest BCUT2D eigenvalue weighted by atomic mass is 9.98. The Bertz CT molecular complexity index is 1320. The number of nitrogens with zero attached hydrogens (tertiary/aromatic N) is 2. The lowest BCUT2D eigenvalue weighted by Gasteiger charge is -2.19. The highest BCUT2D eigenvalue weighted by molar-refractivity contribution is 6.32. The van der Waals surface area contributed by atoms with E-state index in [4.69, 9.17) is 25.8 Å². The minimum Gasteiger partial charge on any atom is -0.506 e. The van der Waals surface area contributed by atoms with Gasteiger partial charge in [0.2, 0.25) is 11.5 Å². The molecule has 0 saturated carbocycles. The zero-order valence-corrected chi connectivity index (χ0v) is 17.1. The predicted octanol–water partition coefficient (Wildman–Crippen LogP) is 4.75. The second-order valence-corrected chi connectivity index (χ2v) is 6.85. The first-order chi connectivity index (χ1) is 14.3. The van der Waals surface area contributed by atoms with Gasteiger partial charge < -0.3 is 19.3 Å². The number of aromatic hydroxyl groups is 1. The number of benzene rings is 2. The van der Waals surface area contributed by atoms with Crippen molar-refractivity contribution < 1.29 is 28.1 Å². The average Bonchev–Trinajstić information content (AvgIpc) is 3.10. The van der Waals surface area contributed by atoms with Gasteiger partial charge in [-0.25, -0.2) is 13.8 Å². The van der Waals surface area contributed by atoms with Crippen LogP contribution in [0.1, 0.15) is 5.69 Å². The number of H-pyrrole nitrogens is 1. The third-order valence-corrected chi connectivity index (χ3v) is 5.15. The Hall–Kier alpha value is -3.33. The van der Waals surface area contributed by atoms with E-state index in [2.05, 4.69) is 15.2 Å².